The van der Waals surface area contributed by atoms with Gasteiger partial charge in [0.2, 0.25) is 0 Å². The zero-order valence-electron chi connectivity index (χ0n) is 17.4. The molecule has 0 aliphatic rings. The molecule has 1 N–H and O–H groups in total. The number of ether oxygens (including phenoxy) is 1. The number of methoxy groups -OCH3 is 1. The summed E-state index contributed by atoms with van der Waals surface area (Å²) in [5, 5.41) is 0.0934. The standard InChI is InChI=1S/C21H13ClF3N5O3S/c1-29-16-12(27-19(29)18(24)25)6-26-7-13(16)30-20(31)17-11(28-21(30)32)5-15(34-17)8-3-14(33-2)10(23)4-9(8)22/h3-7,18H,1-2H3,(H,28,32). The number of halogens is 4. The van der Waals surface area contributed by atoms with Crippen LogP contribution in [-0.2, 0) is 7.05 Å². The van der Waals surface area contributed by atoms with Gasteiger partial charge in [0.15, 0.2) is 17.4 Å². The third-order valence-corrected chi connectivity index (χ3v) is 6.78. The number of thiophene rings is 1. The topological polar surface area (TPSA) is 94.8 Å². The van der Waals surface area contributed by atoms with Crippen LogP contribution in [0.5, 0.6) is 5.75 Å². The van der Waals surface area contributed by atoms with Crippen LogP contribution >= 0.6 is 22.9 Å². The Labute approximate surface area is 196 Å². The number of H-pyrrole nitrogens is 1. The van der Waals surface area contributed by atoms with Gasteiger partial charge in [-0.2, -0.15) is 0 Å². The predicted octanol–water partition coefficient (Wildman–Crippen LogP) is 4.43. The third-order valence-electron chi connectivity index (χ3n) is 5.31. The van der Waals surface area contributed by atoms with E-state index in [0.29, 0.717) is 10.4 Å². The number of fused-ring (bicyclic) bond motifs is 2. The van der Waals surface area contributed by atoms with Gasteiger partial charge < -0.3 is 14.3 Å². The average Bonchev–Trinajstić information content (AvgIpc) is 3.36. The minimum atomic E-state index is -2.86. The van der Waals surface area contributed by atoms with Crippen molar-refractivity contribution in [1.82, 2.24) is 24.1 Å². The van der Waals surface area contributed by atoms with E-state index in [9.17, 15) is 22.8 Å². The molecular weight excluding hydrogens is 495 g/mol. The number of alkyl halides is 2. The van der Waals surface area contributed by atoms with Crippen LogP contribution in [-0.4, -0.2) is 31.2 Å². The lowest BCUT2D eigenvalue weighted by Gasteiger charge is -2.08. The number of hydrogen-bond acceptors (Lipinski definition) is 6. The van der Waals surface area contributed by atoms with Gasteiger partial charge in [-0.05, 0) is 18.2 Å². The second-order valence-corrected chi connectivity index (χ2v) is 8.71. The number of nitrogens with zero attached hydrogens (tertiary/aromatic N) is 4. The van der Waals surface area contributed by atoms with Crippen LogP contribution in [0.4, 0.5) is 13.2 Å². The van der Waals surface area contributed by atoms with E-state index in [-0.39, 0.29) is 37.7 Å². The van der Waals surface area contributed by atoms with Crippen LogP contribution in [0.1, 0.15) is 12.2 Å². The number of aryl methyl sites for hydroxylation is 1. The lowest BCUT2D eigenvalue weighted by atomic mass is 10.1. The van der Waals surface area contributed by atoms with Crippen molar-refractivity contribution in [2.24, 2.45) is 7.05 Å². The van der Waals surface area contributed by atoms with Gasteiger partial charge >= 0.3 is 5.69 Å². The first kappa shape index (κ1) is 22.2. The molecule has 4 aromatic heterocycles. The second-order valence-electron chi connectivity index (χ2n) is 7.25. The molecule has 0 aliphatic heterocycles. The number of aromatic amines is 1. The second kappa shape index (κ2) is 7.99. The molecule has 13 heteroatoms. The minimum Gasteiger partial charge on any atom is -0.494 e. The van der Waals surface area contributed by atoms with Crippen molar-refractivity contribution in [3.8, 4) is 21.9 Å². The van der Waals surface area contributed by atoms with Crippen molar-refractivity contribution in [1.29, 1.82) is 0 Å². The Kier molecular flexibility index (Phi) is 5.21. The lowest BCUT2D eigenvalue weighted by molar-refractivity contribution is 0.137. The van der Waals surface area contributed by atoms with Crippen LogP contribution in [0.15, 0.2) is 40.2 Å². The van der Waals surface area contributed by atoms with Gasteiger partial charge in [-0.1, -0.05) is 11.6 Å². The van der Waals surface area contributed by atoms with Gasteiger partial charge in [0, 0.05) is 17.5 Å². The van der Waals surface area contributed by atoms with E-state index < -0.39 is 29.3 Å². The summed E-state index contributed by atoms with van der Waals surface area (Å²) >= 11 is 7.23. The maximum atomic E-state index is 14.0. The largest absolute Gasteiger partial charge is 0.494 e. The van der Waals surface area contributed by atoms with Crippen molar-refractivity contribution in [3.05, 3.63) is 68.1 Å². The lowest BCUT2D eigenvalue weighted by Crippen LogP contribution is -2.33. The summed E-state index contributed by atoms with van der Waals surface area (Å²) in [6, 6.07) is 4.03. The zero-order chi connectivity index (χ0) is 24.3. The van der Waals surface area contributed by atoms with E-state index in [1.54, 1.807) is 6.07 Å². The molecule has 5 aromatic rings. The summed E-state index contributed by atoms with van der Waals surface area (Å²) in [6.07, 6.45) is -0.354. The fraction of sp³-hybridized carbons (Fsp3) is 0.143. The Bertz CT molecular complexity index is 1720. The SMILES string of the molecule is COc1cc(-c2cc3[nH]c(=O)n(-c4cncc5nc(C(F)F)n(C)c45)c(=O)c3s2)c(Cl)cc1F. The number of imidazole rings is 1. The first-order chi connectivity index (χ1) is 16.2. The quantitative estimate of drug-likeness (QED) is 0.388. The molecule has 0 fully saturated rings. The number of rotatable bonds is 4. The molecule has 174 valence electrons. The molecule has 8 nitrogen and oxygen atoms in total. The number of benzene rings is 1. The van der Waals surface area contributed by atoms with Crippen molar-refractivity contribution >= 4 is 44.2 Å². The molecule has 0 unspecified atom stereocenters. The van der Waals surface area contributed by atoms with Crippen LogP contribution < -0.4 is 16.0 Å². The maximum absolute atomic E-state index is 14.0. The summed E-state index contributed by atoms with van der Waals surface area (Å²) in [4.78, 5) is 37.2. The average molecular weight is 508 g/mol. The van der Waals surface area contributed by atoms with Crippen LogP contribution in [0.2, 0.25) is 5.02 Å². The molecule has 5 rings (SSSR count). The van der Waals surface area contributed by atoms with Gasteiger partial charge in [0.05, 0.1) is 41.2 Å². The summed E-state index contributed by atoms with van der Waals surface area (Å²) in [5.41, 5.74) is -0.565. The Morgan fingerprint density at radius 3 is 2.68 bits per heavy atom. The Morgan fingerprint density at radius 2 is 1.97 bits per heavy atom. The van der Waals surface area contributed by atoms with Crippen molar-refractivity contribution in [2.75, 3.05) is 7.11 Å². The van der Waals surface area contributed by atoms with Gasteiger partial charge in [0.25, 0.3) is 12.0 Å². The van der Waals surface area contributed by atoms with Gasteiger partial charge in [0.1, 0.15) is 10.2 Å². The maximum Gasteiger partial charge on any atom is 0.333 e. The fourth-order valence-electron chi connectivity index (χ4n) is 3.76. The molecule has 0 bridgehead atoms. The van der Waals surface area contributed by atoms with Crippen LogP contribution in [0.3, 0.4) is 0 Å². The van der Waals surface area contributed by atoms with E-state index in [4.69, 9.17) is 16.3 Å². The molecule has 0 saturated heterocycles. The highest BCUT2D eigenvalue weighted by atomic mass is 35.5. The fourth-order valence-corrected chi connectivity index (χ4v) is 5.14. The van der Waals surface area contributed by atoms with Gasteiger partial charge in [-0.15, -0.1) is 11.3 Å². The van der Waals surface area contributed by atoms with E-state index in [2.05, 4.69) is 15.0 Å². The predicted molar refractivity (Wildman–Crippen MR) is 122 cm³/mol. The molecule has 0 saturated carbocycles. The number of aromatic nitrogens is 5. The molecule has 34 heavy (non-hydrogen) atoms. The molecule has 4 heterocycles. The normalized spacial score (nSPS) is 11.7. The van der Waals surface area contributed by atoms with Crippen LogP contribution in [0, 0.1) is 5.82 Å². The third kappa shape index (κ3) is 3.29. The number of pyridine rings is 1. The molecule has 0 aliphatic carbocycles. The Morgan fingerprint density at radius 1 is 1.21 bits per heavy atom. The molecule has 1 aromatic carbocycles. The van der Waals surface area contributed by atoms with E-state index in [0.717, 1.165) is 26.5 Å². The van der Waals surface area contributed by atoms with E-state index >= 15 is 0 Å². The molecule has 0 amide bonds. The van der Waals surface area contributed by atoms with Gasteiger partial charge in [-0.25, -0.2) is 27.5 Å². The summed E-state index contributed by atoms with van der Waals surface area (Å²) < 4.78 is 47.8. The first-order valence-corrected chi connectivity index (χ1v) is 10.8. The number of nitrogens with one attached hydrogen (secondary N) is 1. The summed E-state index contributed by atoms with van der Waals surface area (Å²) in [5.74, 6) is -1.20. The number of hydrogen-bond donors (Lipinski definition) is 1. The first-order valence-electron chi connectivity index (χ1n) is 9.62. The summed E-state index contributed by atoms with van der Waals surface area (Å²) in [6.45, 7) is 0. The highest BCUT2D eigenvalue weighted by molar-refractivity contribution is 7.22. The smallest absolute Gasteiger partial charge is 0.333 e. The zero-order valence-corrected chi connectivity index (χ0v) is 19.0. The highest BCUT2D eigenvalue weighted by Crippen LogP contribution is 2.38. The van der Waals surface area contributed by atoms with E-state index in [1.807, 2.05) is 0 Å². The Balaban J connectivity index is 1.77. The minimum absolute atomic E-state index is 0.00369. The van der Waals surface area contributed by atoms with Crippen LogP contribution in [0.25, 0.3) is 37.4 Å². The van der Waals surface area contributed by atoms with Crippen molar-refractivity contribution in [3.63, 3.8) is 0 Å². The van der Waals surface area contributed by atoms with Crippen molar-refractivity contribution < 1.29 is 17.9 Å². The molecular formula is C21H13ClF3N5O3S. The molecule has 0 spiro atoms. The van der Waals surface area contributed by atoms with Crippen molar-refractivity contribution in [2.45, 2.75) is 6.43 Å². The monoisotopic (exact) mass is 507 g/mol. The molecule has 0 radical (unpaired) electrons. The summed E-state index contributed by atoms with van der Waals surface area (Å²) in [7, 11) is 2.68. The van der Waals surface area contributed by atoms with Gasteiger partial charge in [-0.3, -0.25) is 9.78 Å². The van der Waals surface area contributed by atoms with E-state index in [1.165, 1.54) is 32.6 Å². The molecule has 0 atom stereocenters. The Hall–Kier alpha value is -3.64. The highest BCUT2D eigenvalue weighted by Gasteiger charge is 2.22.